The van der Waals surface area contributed by atoms with Crippen LogP contribution >= 0.6 is 21.6 Å². The number of nitrogens with zero attached hydrogens (tertiary/aromatic N) is 2. The SMILES string of the molecule is C=C1CC(C(=O)c2cc(OC)c(OCCCCCOc3cc(NC(=O)OC(C)(C)C)c(C(=O)[C@H]4CC(=C)C[C@H]4CO)cc3OC)cc2NC(=O)OC[C@@H](C)SSc2ccc([N+](=O)[O-])cn2)[C@H](CO[Si](C)(C)C(C)(C)C)C1. The number of aliphatic hydroxyl groups excluding tert-OH is 1. The number of carbonyl (C=O) groups excluding carboxylic acids is 4. The van der Waals surface area contributed by atoms with Crippen LogP contribution in [0.1, 0.15) is 114 Å². The summed E-state index contributed by atoms with van der Waals surface area (Å²) in [6.45, 7) is 27.0. The third kappa shape index (κ3) is 17.2. The summed E-state index contributed by atoms with van der Waals surface area (Å²) in [5.74, 6) is -0.666. The summed E-state index contributed by atoms with van der Waals surface area (Å²) in [4.78, 5) is 69.9. The molecule has 2 saturated carbocycles. The van der Waals surface area contributed by atoms with Crippen LogP contribution in [0.5, 0.6) is 23.0 Å². The first-order chi connectivity index (χ1) is 35.7. The number of hydrogen-bond donors (Lipinski definition) is 3. The van der Waals surface area contributed by atoms with E-state index in [4.69, 9.17) is 32.8 Å². The molecule has 5 atom stereocenters. The van der Waals surface area contributed by atoms with Gasteiger partial charge in [-0.05, 0) is 132 Å². The molecule has 2 amide bonds. The molecule has 2 aliphatic carbocycles. The Labute approximate surface area is 455 Å². The van der Waals surface area contributed by atoms with E-state index >= 15 is 0 Å². The van der Waals surface area contributed by atoms with Gasteiger partial charge in [0.15, 0.2) is 42.9 Å². The summed E-state index contributed by atoms with van der Waals surface area (Å²) in [6, 6.07) is 9.18. The maximum atomic E-state index is 14.7. The number of ketones is 2. The minimum Gasteiger partial charge on any atom is -0.493 e. The van der Waals surface area contributed by atoms with E-state index in [1.165, 1.54) is 48.1 Å². The molecule has 2 aliphatic rings. The molecule has 0 saturated heterocycles. The van der Waals surface area contributed by atoms with Gasteiger partial charge in [0.05, 0.1) is 43.7 Å². The van der Waals surface area contributed by atoms with Crippen molar-refractivity contribution in [3.8, 4) is 23.0 Å². The zero-order valence-electron chi connectivity index (χ0n) is 45.8. The van der Waals surface area contributed by atoms with Crippen molar-refractivity contribution >= 4 is 70.7 Å². The number of unbranched alkanes of at least 4 members (excludes halogenated alkanes) is 2. The second-order valence-corrected chi connectivity index (χ2v) is 29.3. The average molecular weight is 1110 g/mol. The van der Waals surface area contributed by atoms with Crippen LogP contribution in [0.2, 0.25) is 18.1 Å². The molecule has 18 nitrogen and oxygen atoms in total. The van der Waals surface area contributed by atoms with Crippen molar-refractivity contribution in [2.45, 2.75) is 127 Å². The Bertz CT molecular complexity index is 2580. The number of carbonyl (C=O) groups is 4. The largest absolute Gasteiger partial charge is 0.493 e. The van der Waals surface area contributed by atoms with E-state index in [0.717, 1.165) is 11.1 Å². The highest BCUT2D eigenvalue weighted by molar-refractivity contribution is 8.76. The second kappa shape index (κ2) is 27.1. The molecule has 0 radical (unpaired) electrons. The van der Waals surface area contributed by atoms with E-state index in [0.29, 0.717) is 79.6 Å². The topological polar surface area (TPSA) is 233 Å². The molecule has 0 aliphatic heterocycles. The summed E-state index contributed by atoms with van der Waals surface area (Å²) >= 11 is 0. The Hall–Kier alpha value is -5.61. The highest BCUT2D eigenvalue weighted by Gasteiger charge is 2.42. The smallest absolute Gasteiger partial charge is 0.412 e. The summed E-state index contributed by atoms with van der Waals surface area (Å²) in [5.41, 5.74) is 1.72. The molecule has 76 heavy (non-hydrogen) atoms. The maximum absolute atomic E-state index is 14.7. The number of nitro groups is 1. The molecule has 2 aromatic carbocycles. The van der Waals surface area contributed by atoms with E-state index in [2.05, 4.69) is 62.6 Å². The van der Waals surface area contributed by atoms with Gasteiger partial charge in [-0.2, -0.15) is 0 Å². The number of hydrogen-bond acceptors (Lipinski definition) is 17. The van der Waals surface area contributed by atoms with Crippen LogP contribution in [-0.4, -0.2) is 105 Å². The predicted molar refractivity (Wildman–Crippen MR) is 299 cm³/mol. The summed E-state index contributed by atoms with van der Waals surface area (Å²) in [5, 5.41) is 26.9. The van der Waals surface area contributed by atoms with Crippen molar-refractivity contribution in [1.82, 2.24) is 4.98 Å². The number of nitrogens with one attached hydrogen (secondary N) is 2. The molecule has 1 unspecified atom stereocenters. The van der Waals surface area contributed by atoms with Crippen molar-refractivity contribution in [3.05, 3.63) is 88.1 Å². The molecular formula is C55H76N4O14S2Si. The van der Waals surface area contributed by atoms with Crippen LogP contribution in [0.15, 0.2) is 71.9 Å². The van der Waals surface area contributed by atoms with Crippen molar-refractivity contribution in [2.24, 2.45) is 23.7 Å². The van der Waals surface area contributed by atoms with Crippen LogP contribution in [0.25, 0.3) is 0 Å². The minimum atomic E-state index is -2.14. The minimum absolute atomic E-state index is 0.00319. The standard InChI is InChI=1S/C55H76N4O14S2Si/c1-33-21-36(30-60)39(23-33)50(61)42-26-46(68-11)48(28-44(42)58-53(64)73-54(4,5)6)70-20-16-14-15-19-69-47-27-43(57-52(63)71-31-35(3)74-75-49-18-17-38(29-56-49)59(65)66)41(25-45(47)67-10)51(62)40-24-34(2)22-37(40)32-72-76(12,13)55(7,8)9/h17-18,25-29,35-37,39-40,60H,1-2,14-16,19-24,30-32H2,3-13H3,(H,57,63)(H,58,64)/t35-,36+,37+,39+,40?/m1/s1. The fraction of sp³-hybridized carbons (Fsp3) is 0.545. The van der Waals surface area contributed by atoms with Crippen LogP contribution in [-0.2, 0) is 13.9 Å². The number of aliphatic hydroxyl groups is 1. The van der Waals surface area contributed by atoms with Gasteiger partial charge in [0, 0.05) is 59.6 Å². The van der Waals surface area contributed by atoms with Gasteiger partial charge >= 0.3 is 12.2 Å². The predicted octanol–water partition coefficient (Wildman–Crippen LogP) is 12.9. The summed E-state index contributed by atoms with van der Waals surface area (Å²) in [7, 11) is 3.47. The monoisotopic (exact) mass is 1110 g/mol. The van der Waals surface area contributed by atoms with Crippen molar-refractivity contribution in [2.75, 3.05) is 57.9 Å². The van der Waals surface area contributed by atoms with E-state index in [1.54, 1.807) is 51.1 Å². The number of Topliss-reactive ketones (excluding diaryl/α,β-unsaturated/α-hetero) is 2. The van der Waals surface area contributed by atoms with E-state index in [-0.39, 0.29) is 88.3 Å². The molecule has 1 heterocycles. The zero-order chi connectivity index (χ0) is 56.1. The molecule has 3 N–H and O–H groups in total. The normalized spacial score (nSPS) is 18.2. The Morgan fingerprint density at radius 1 is 0.803 bits per heavy atom. The fourth-order valence-electron chi connectivity index (χ4n) is 8.53. The number of anilines is 2. The molecule has 1 aromatic heterocycles. The molecule has 5 rings (SSSR count). The van der Waals surface area contributed by atoms with Gasteiger partial charge in [-0.3, -0.25) is 30.3 Å². The van der Waals surface area contributed by atoms with Gasteiger partial charge in [0.2, 0.25) is 0 Å². The first-order valence-corrected chi connectivity index (χ1v) is 30.6. The van der Waals surface area contributed by atoms with E-state index < -0.39 is 42.9 Å². The van der Waals surface area contributed by atoms with E-state index in [1.807, 2.05) is 6.92 Å². The first-order valence-electron chi connectivity index (χ1n) is 25.5. The maximum Gasteiger partial charge on any atom is 0.412 e. The average Bonchev–Trinajstić information content (AvgIpc) is 3.93. The van der Waals surface area contributed by atoms with Crippen LogP contribution in [0, 0.1) is 33.8 Å². The molecule has 0 spiro atoms. The number of benzene rings is 2. The van der Waals surface area contributed by atoms with Crippen molar-refractivity contribution in [1.29, 1.82) is 0 Å². The van der Waals surface area contributed by atoms with Crippen LogP contribution in [0.4, 0.5) is 26.7 Å². The zero-order valence-corrected chi connectivity index (χ0v) is 48.4. The lowest BCUT2D eigenvalue weighted by Crippen LogP contribution is -2.42. The molecule has 2 fully saturated rings. The molecule has 0 bridgehead atoms. The highest BCUT2D eigenvalue weighted by atomic mass is 33.1. The molecule has 3 aromatic rings. The third-order valence-corrected chi connectivity index (χ3v) is 20.9. The number of amides is 2. The lowest BCUT2D eigenvalue weighted by molar-refractivity contribution is -0.385. The number of rotatable bonds is 26. The lowest BCUT2D eigenvalue weighted by atomic mass is 9.88. The fourth-order valence-corrected chi connectivity index (χ4v) is 11.4. The number of pyridine rings is 1. The summed E-state index contributed by atoms with van der Waals surface area (Å²) < 4.78 is 41.7. The Balaban J connectivity index is 1.28. The number of allylic oxidation sites excluding steroid dienone is 2. The highest BCUT2D eigenvalue weighted by Crippen LogP contribution is 2.45. The van der Waals surface area contributed by atoms with Gasteiger partial charge in [-0.1, -0.05) is 55.9 Å². The molecule has 21 heteroatoms. The van der Waals surface area contributed by atoms with Crippen LogP contribution < -0.4 is 29.6 Å². The van der Waals surface area contributed by atoms with Gasteiger partial charge in [0.1, 0.15) is 23.4 Å². The number of aromatic nitrogens is 1. The summed E-state index contributed by atoms with van der Waals surface area (Å²) in [6.07, 6.45) is 3.53. The van der Waals surface area contributed by atoms with Gasteiger partial charge in [-0.25, -0.2) is 14.6 Å². The Kier molecular flexibility index (Phi) is 21.9. The van der Waals surface area contributed by atoms with Crippen LogP contribution in [0.3, 0.4) is 0 Å². The van der Waals surface area contributed by atoms with E-state index in [9.17, 15) is 34.4 Å². The molecular weight excluding hydrogens is 1030 g/mol. The third-order valence-electron chi connectivity index (χ3n) is 13.6. The van der Waals surface area contributed by atoms with Crippen molar-refractivity contribution in [3.63, 3.8) is 0 Å². The van der Waals surface area contributed by atoms with Gasteiger partial charge in [-0.15, -0.1) is 0 Å². The van der Waals surface area contributed by atoms with Crippen molar-refractivity contribution < 1.29 is 62.1 Å². The second-order valence-electron chi connectivity index (χ2n) is 21.8. The Morgan fingerprint density at radius 3 is 1.80 bits per heavy atom. The van der Waals surface area contributed by atoms with Gasteiger partial charge < -0.3 is 38.0 Å². The first kappa shape index (κ1) is 61.2. The molecule has 416 valence electrons. The van der Waals surface area contributed by atoms with Gasteiger partial charge in [0.25, 0.3) is 5.69 Å². The number of ether oxygens (including phenoxy) is 6. The lowest BCUT2D eigenvalue weighted by Gasteiger charge is -2.37. The number of methoxy groups -OCH3 is 2. The Morgan fingerprint density at radius 2 is 1.33 bits per heavy atom. The quantitative estimate of drug-likeness (QED) is 0.0129.